The maximum absolute atomic E-state index is 11.5. The second-order valence-corrected chi connectivity index (χ2v) is 5.85. The largest absolute Gasteiger partial charge is 0.481 e. The van der Waals surface area contributed by atoms with Gasteiger partial charge in [-0.2, -0.15) is 0 Å². The first-order valence-corrected chi connectivity index (χ1v) is 7.27. The van der Waals surface area contributed by atoms with E-state index in [0.717, 1.165) is 31.7 Å². The highest BCUT2D eigenvalue weighted by molar-refractivity contribution is 5.75. The number of rotatable bonds is 5. The second-order valence-electron chi connectivity index (χ2n) is 5.85. The molecule has 1 aliphatic heterocycles. The predicted octanol–water partition coefficient (Wildman–Crippen LogP) is 1.21. The van der Waals surface area contributed by atoms with Gasteiger partial charge in [0.05, 0.1) is 18.1 Å². The van der Waals surface area contributed by atoms with Crippen molar-refractivity contribution in [1.82, 2.24) is 20.2 Å². The lowest BCUT2D eigenvalue weighted by Gasteiger charge is -2.37. The van der Waals surface area contributed by atoms with Gasteiger partial charge in [-0.15, -0.1) is 5.10 Å². The van der Waals surface area contributed by atoms with Crippen molar-refractivity contribution in [3.8, 4) is 0 Å². The molecule has 7 heteroatoms. The number of carbonyl (C=O) groups is 1. The highest BCUT2D eigenvalue weighted by Gasteiger charge is 2.46. The van der Waals surface area contributed by atoms with Crippen molar-refractivity contribution in [2.45, 2.75) is 57.6 Å². The van der Waals surface area contributed by atoms with Gasteiger partial charge in [0, 0.05) is 12.5 Å². The fourth-order valence-electron chi connectivity index (χ4n) is 3.27. The number of hydrogen-bond acceptors (Lipinski definition) is 5. The summed E-state index contributed by atoms with van der Waals surface area (Å²) in [5.41, 5.74) is -0.675. The molecule has 20 heavy (non-hydrogen) atoms. The predicted molar refractivity (Wildman–Crippen MR) is 69.1 cm³/mol. The minimum atomic E-state index is -0.736. The summed E-state index contributed by atoms with van der Waals surface area (Å²) in [5, 5.41) is 21.3. The van der Waals surface area contributed by atoms with Crippen molar-refractivity contribution in [2.75, 3.05) is 6.61 Å². The first kappa shape index (κ1) is 13.5. The first-order chi connectivity index (χ1) is 9.66. The van der Waals surface area contributed by atoms with Crippen LogP contribution in [0.4, 0.5) is 0 Å². The van der Waals surface area contributed by atoms with Gasteiger partial charge in [0.15, 0.2) is 5.82 Å². The number of aromatic nitrogens is 4. The Hall–Kier alpha value is -1.50. The van der Waals surface area contributed by atoms with Crippen molar-refractivity contribution in [3.05, 3.63) is 5.82 Å². The summed E-state index contributed by atoms with van der Waals surface area (Å²) in [4.78, 5) is 11.5. The summed E-state index contributed by atoms with van der Waals surface area (Å²) >= 11 is 0. The number of carboxylic acids is 1. The quantitative estimate of drug-likeness (QED) is 0.872. The molecule has 2 fully saturated rings. The zero-order valence-corrected chi connectivity index (χ0v) is 11.7. The van der Waals surface area contributed by atoms with E-state index in [9.17, 15) is 9.90 Å². The van der Waals surface area contributed by atoms with Crippen LogP contribution in [-0.4, -0.2) is 44.0 Å². The zero-order chi connectivity index (χ0) is 14.2. The lowest BCUT2D eigenvalue weighted by atomic mass is 9.69. The molecule has 110 valence electrons. The van der Waals surface area contributed by atoms with Crippen LogP contribution in [0.2, 0.25) is 0 Å². The third-order valence-corrected chi connectivity index (χ3v) is 4.72. The maximum atomic E-state index is 11.5. The molecule has 7 nitrogen and oxygen atoms in total. The summed E-state index contributed by atoms with van der Waals surface area (Å²) in [7, 11) is 0. The molecular formula is C13H20N4O3. The normalized spacial score (nSPS) is 28.2. The van der Waals surface area contributed by atoms with Crippen LogP contribution in [0.3, 0.4) is 0 Å². The van der Waals surface area contributed by atoms with E-state index in [0.29, 0.717) is 19.4 Å². The molecule has 1 saturated heterocycles. The Morgan fingerprint density at radius 1 is 1.55 bits per heavy atom. The third-order valence-electron chi connectivity index (χ3n) is 4.72. The molecule has 1 aromatic rings. The number of aliphatic carboxylic acids is 1. The molecule has 0 aromatic carbocycles. The van der Waals surface area contributed by atoms with Crippen LogP contribution in [0.15, 0.2) is 0 Å². The molecule has 0 spiro atoms. The summed E-state index contributed by atoms with van der Waals surface area (Å²) in [6.45, 7) is 3.18. The average molecular weight is 280 g/mol. The molecule has 2 unspecified atom stereocenters. The summed E-state index contributed by atoms with van der Waals surface area (Å²) in [6.07, 6.45) is 4.34. The highest BCUT2D eigenvalue weighted by atomic mass is 16.5. The zero-order valence-electron chi connectivity index (χ0n) is 11.7. The smallest absolute Gasteiger partial charge is 0.311 e. The van der Waals surface area contributed by atoms with Crippen LogP contribution in [-0.2, 0) is 16.1 Å². The maximum Gasteiger partial charge on any atom is 0.311 e. The van der Waals surface area contributed by atoms with E-state index in [1.807, 2.05) is 0 Å². The Morgan fingerprint density at radius 3 is 2.95 bits per heavy atom. The molecule has 1 aliphatic carbocycles. The minimum Gasteiger partial charge on any atom is -0.481 e. The number of ether oxygens (including phenoxy) is 1. The Labute approximate surface area is 117 Å². The molecule has 0 amide bonds. The molecule has 1 aromatic heterocycles. The van der Waals surface area contributed by atoms with Crippen molar-refractivity contribution in [1.29, 1.82) is 0 Å². The number of hydrogen-bond donors (Lipinski definition) is 1. The van der Waals surface area contributed by atoms with E-state index >= 15 is 0 Å². The van der Waals surface area contributed by atoms with Crippen molar-refractivity contribution < 1.29 is 14.6 Å². The molecule has 2 atom stereocenters. The lowest BCUT2D eigenvalue weighted by molar-refractivity contribution is -0.156. The lowest BCUT2D eigenvalue weighted by Crippen LogP contribution is -2.42. The van der Waals surface area contributed by atoms with E-state index < -0.39 is 11.4 Å². The molecule has 1 N–H and O–H groups in total. The van der Waals surface area contributed by atoms with Crippen LogP contribution in [0, 0.1) is 5.41 Å². The standard InChI is InChI=1S/C13H20N4O3/c1-2-10-9(4-7-20-10)11-14-15-16-17(11)8-13(12(18)19)5-3-6-13/h9-10H,2-8H2,1H3,(H,18,19). The monoisotopic (exact) mass is 280 g/mol. The van der Waals surface area contributed by atoms with Gasteiger partial charge in [-0.3, -0.25) is 4.79 Å². The van der Waals surface area contributed by atoms with Crippen molar-refractivity contribution >= 4 is 5.97 Å². The number of nitrogens with zero attached hydrogens (tertiary/aromatic N) is 4. The van der Waals surface area contributed by atoms with Gasteiger partial charge in [0.1, 0.15) is 0 Å². The Kier molecular flexibility index (Phi) is 3.45. The second kappa shape index (κ2) is 5.12. The molecule has 0 bridgehead atoms. The molecule has 3 rings (SSSR count). The summed E-state index contributed by atoms with van der Waals surface area (Å²) in [5.74, 6) is 0.225. The van der Waals surface area contributed by atoms with E-state index in [1.165, 1.54) is 0 Å². The molecule has 1 saturated carbocycles. The summed E-state index contributed by atoms with van der Waals surface area (Å²) < 4.78 is 7.38. The molecular weight excluding hydrogens is 260 g/mol. The molecule has 2 heterocycles. The fraction of sp³-hybridized carbons (Fsp3) is 0.846. The van der Waals surface area contributed by atoms with E-state index in [2.05, 4.69) is 22.4 Å². The highest BCUT2D eigenvalue weighted by Crippen LogP contribution is 2.43. The van der Waals surface area contributed by atoms with Gasteiger partial charge in [-0.05, 0) is 36.1 Å². The van der Waals surface area contributed by atoms with Gasteiger partial charge in [0.2, 0.25) is 0 Å². The van der Waals surface area contributed by atoms with Gasteiger partial charge >= 0.3 is 5.97 Å². The van der Waals surface area contributed by atoms with Crippen LogP contribution in [0.1, 0.15) is 50.8 Å². The van der Waals surface area contributed by atoms with E-state index in [-0.39, 0.29) is 12.0 Å². The SMILES string of the molecule is CCC1OCCC1c1nnnn1CC1(C(=O)O)CCC1. The Balaban J connectivity index is 1.82. The van der Waals surface area contributed by atoms with Gasteiger partial charge < -0.3 is 9.84 Å². The van der Waals surface area contributed by atoms with Crippen LogP contribution >= 0.6 is 0 Å². The fourth-order valence-corrected chi connectivity index (χ4v) is 3.27. The number of carboxylic acid groups (broad SMARTS) is 1. The van der Waals surface area contributed by atoms with Gasteiger partial charge in [-0.1, -0.05) is 13.3 Å². The third kappa shape index (κ3) is 2.09. The minimum absolute atomic E-state index is 0.141. The molecule has 2 aliphatic rings. The summed E-state index contributed by atoms with van der Waals surface area (Å²) in [6, 6.07) is 0. The topological polar surface area (TPSA) is 90.1 Å². The van der Waals surface area contributed by atoms with Crippen LogP contribution in [0.5, 0.6) is 0 Å². The van der Waals surface area contributed by atoms with Crippen LogP contribution < -0.4 is 0 Å². The van der Waals surface area contributed by atoms with Gasteiger partial charge in [0.25, 0.3) is 0 Å². The van der Waals surface area contributed by atoms with Gasteiger partial charge in [-0.25, -0.2) is 4.68 Å². The Bertz CT molecular complexity index is 498. The van der Waals surface area contributed by atoms with Crippen molar-refractivity contribution in [3.63, 3.8) is 0 Å². The van der Waals surface area contributed by atoms with E-state index in [4.69, 9.17) is 4.74 Å². The average Bonchev–Trinajstić information content (AvgIpc) is 3.00. The van der Waals surface area contributed by atoms with E-state index in [1.54, 1.807) is 4.68 Å². The molecule has 0 radical (unpaired) electrons. The Morgan fingerprint density at radius 2 is 2.35 bits per heavy atom. The number of tetrazole rings is 1. The first-order valence-electron chi connectivity index (χ1n) is 7.27. The van der Waals surface area contributed by atoms with Crippen LogP contribution in [0.25, 0.3) is 0 Å². The van der Waals surface area contributed by atoms with Crippen molar-refractivity contribution in [2.24, 2.45) is 5.41 Å².